The number of hydrogen-bond donors (Lipinski definition) is 3. The second-order valence-corrected chi connectivity index (χ2v) is 8.99. The second-order valence-electron chi connectivity index (χ2n) is 8.99. The molecule has 1 saturated carbocycles. The number of anilines is 1. The molecule has 1 aliphatic heterocycles. The predicted molar refractivity (Wildman–Crippen MR) is 121 cm³/mol. The van der Waals surface area contributed by atoms with Gasteiger partial charge in [-0.2, -0.15) is 0 Å². The molecule has 1 aliphatic carbocycles. The Morgan fingerprint density at radius 1 is 1.25 bits per heavy atom. The van der Waals surface area contributed by atoms with Crippen molar-refractivity contribution in [2.24, 2.45) is 11.8 Å². The molecule has 1 unspecified atom stereocenters. The number of nitrogens with one attached hydrogen (secondary N) is 3. The van der Waals surface area contributed by atoms with Crippen LogP contribution in [0.2, 0.25) is 0 Å². The highest BCUT2D eigenvalue weighted by molar-refractivity contribution is 5.95. The van der Waals surface area contributed by atoms with Crippen molar-refractivity contribution >= 4 is 28.5 Å². The van der Waals surface area contributed by atoms with E-state index in [1.54, 1.807) is 0 Å². The highest BCUT2D eigenvalue weighted by atomic mass is 16.2. The number of H-pyrrole nitrogens is 1. The minimum Gasteiger partial charge on any atom is -0.360 e. The van der Waals surface area contributed by atoms with Crippen molar-refractivity contribution < 1.29 is 9.59 Å². The molecular formula is C24H27N5O3. The number of aromatic amines is 1. The van der Waals surface area contributed by atoms with Crippen LogP contribution < -0.4 is 16.2 Å². The molecule has 2 aliphatic rings. The Kier molecular flexibility index (Phi) is 5.28. The number of rotatable bonds is 6. The maximum absolute atomic E-state index is 13.1. The van der Waals surface area contributed by atoms with Crippen molar-refractivity contribution in [2.75, 3.05) is 5.32 Å². The Labute approximate surface area is 185 Å². The molecule has 3 N–H and O–H groups in total. The normalized spacial score (nSPS) is 18.2. The van der Waals surface area contributed by atoms with Crippen molar-refractivity contribution in [2.45, 2.75) is 52.1 Å². The number of carbonyl (C=O) groups is 2. The van der Waals surface area contributed by atoms with E-state index in [9.17, 15) is 14.4 Å². The molecule has 32 heavy (non-hydrogen) atoms. The molecule has 1 fully saturated rings. The number of hydrogen-bond acceptors (Lipinski definition) is 4. The molecule has 0 spiro atoms. The summed E-state index contributed by atoms with van der Waals surface area (Å²) in [7, 11) is 0. The maximum atomic E-state index is 13.1. The first kappa shape index (κ1) is 20.5. The first-order valence-corrected chi connectivity index (χ1v) is 11.2. The maximum Gasteiger partial charge on any atom is 0.275 e. The molecule has 8 heteroatoms. The number of amides is 2. The summed E-state index contributed by atoms with van der Waals surface area (Å²) in [6.45, 7) is 2.00. The summed E-state index contributed by atoms with van der Waals surface area (Å²) < 4.78 is 1.42. The summed E-state index contributed by atoms with van der Waals surface area (Å²) in [6.07, 6.45) is 6.94. The van der Waals surface area contributed by atoms with E-state index in [4.69, 9.17) is 0 Å². The van der Waals surface area contributed by atoms with E-state index in [-0.39, 0.29) is 36.4 Å². The SMILES string of the molecule is Cc1cc2c(c(=O)n1CC(=O)NCc1ccc3[nH]ccc3n1)NC(=O)C(CC1CCC1)C2. The Balaban J connectivity index is 1.27. The predicted octanol–water partition coefficient (Wildman–Crippen LogP) is 2.65. The number of aryl methyl sites for hydroxylation is 1. The van der Waals surface area contributed by atoms with E-state index in [2.05, 4.69) is 20.6 Å². The van der Waals surface area contributed by atoms with Gasteiger partial charge < -0.3 is 20.2 Å². The smallest absolute Gasteiger partial charge is 0.275 e. The van der Waals surface area contributed by atoms with Crippen LogP contribution in [0.25, 0.3) is 11.0 Å². The van der Waals surface area contributed by atoms with Crippen molar-refractivity contribution in [1.29, 1.82) is 0 Å². The molecule has 0 saturated heterocycles. The summed E-state index contributed by atoms with van der Waals surface area (Å²) in [5.41, 5.74) is 4.10. The standard InChI is InChI=1S/C24H27N5O3/c1-14-9-16-11-17(10-15-3-2-4-15)23(31)28-22(16)24(32)29(14)13-21(30)26-12-18-5-6-19-20(27-18)7-8-25-19/h5-9,15,17,25H,2-4,10-13H2,1H3,(H,26,30)(H,28,31). The van der Waals surface area contributed by atoms with Gasteiger partial charge in [0.1, 0.15) is 12.2 Å². The third-order valence-corrected chi connectivity index (χ3v) is 6.75. The molecule has 0 bridgehead atoms. The average molecular weight is 434 g/mol. The van der Waals surface area contributed by atoms with Crippen LogP contribution in [0, 0.1) is 18.8 Å². The Morgan fingerprint density at radius 3 is 2.88 bits per heavy atom. The summed E-state index contributed by atoms with van der Waals surface area (Å²) in [5, 5.41) is 5.66. The van der Waals surface area contributed by atoms with Crippen molar-refractivity contribution in [3.63, 3.8) is 0 Å². The zero-order chi connectivity index (χ0) is 22.2. The van der Waals surface area contributed by atoms with E-state index in [0.717, 1.165) is 28.7 Å². The third-order valence-electron chi connectivity index (χ3n) is 6.75. The number of carbonyl (C=O) groups excluding carboxylic acids is 2. The summed E-state index contributed by atoms with van der Waals surface area (Å²) >= 11 is 0. The zero-order valence-electron chi connectivity index (χ0n) is 18.1. The number of aromatic nitrogens is 3. The van der Waals surface area contributed by atoms with Gasteiger partial charge in [0.2, 0.25) is 11.8 Å². The van der Waals surface area contributed by atoms with E-state index in [0.29, 0.717) is 23.7 Å². The van der Waals surface area contributed by atoms with Crippen LogP contribution in [0.5, 0.6) is 0 Å². The van der Waals surface area contributed by atoms with E-state index < -0.39 is 0 Å². The first-order chi connectivity index (χ1) is 15.5. The highest BCUT2D eigenvalue weighted by Crippen LogP contribution is 2.35. The van der Waals surface area contributed by atoms with Gasteiger partial charge in [0.25, 0.3) is 5.56 Å². The summed E-state index contributed by atoms with van der Waals surface area (Å²) in [6, 6.07) is 7.58. The number of fused-ring (bicyclic) bond motifs is 2. The van der Waals surface area contributed by atoms with Crippen molar-refractivity contribution in [3.8, 4) is 0 Å². The lowest BCUT2D eigenvalue weighted by Gasteiger charge is -2.32. The summed E-state index contributed by atoms with van der Waals surface area (Å²) in [4.78, 5) is 45.8. The third kappa shape index (κ3) is 3.92. The second kappa shape index (κ2) is 8.26. The first-order valence-electron chi connectivity index (χ1n) is 11.2. The van der Waals surface area contributed by atoms with Gasteiger partial charge in [0.05, 0.1) is 23.3 Å². The summed E-state index contributed by atoms with van der Waals surface area (Å²) in [5.74, 6) is 0.198. The van der Waals surface area contributed by atoms with Gasteiger partial charge in [-0.05, 0) is 55.5 Å². The molecule has 0 aromatic carbocycles. The molecule has 2 amide bonds. The molecule has 166 valence electrons. The van der Waals surface area contributed by atoms with Gasteiger partial charge in [-0.1, -0.05) is 19.3 Å². The van der Waals surface area contributed by atoms with E-state index >= 15 is 0 Å². The van der Waals surface area contributed by atoms with Crippen LogP contribution >= 0.6 is 0 Å². The molecule has 3 aromatic rings. The Bertz CT molecular complexity index is 1250. The molecule has 1 atom stereocenters. The molecule has 5 rings (SSSR count). The quantitative estimate of drug-likeness (QED) is 0.555. The fraction of sp³-hybridized carbons (Fsp3) is 0.417. The van der Waals surface area contributed by atoms with Crippen LogP contribution in [0.1, 0.15) is 42.6 Å². The van der Waals surface area contributed by atoms with Crippen molar-refractivity contribution in [1.82, 2.24) is 19.9 Å². The van der Waals surface area contributed by atoms with Gasteiger partial charge in [-0.25, -0.2) is 4.98 Å². The fourth-order valence-corrected chi connectivity index (χ4v) is 4.69. The average Bonchev–Trinajstić information content (AvgIpc) is 3.21. The topological polar surface area (TPSA) is 109 Å². The lowest BCUT2D eigenvalue weighted by atomic mass is 9.76. The number of nitrogens with zero attached hydrogens (tertiary/aromatic N) is 2. The minimum atomic E-state index is -0.322. The van der Waals surface area contributed by atoms with Gasteiger partial charge in [-0.15, -0.1) is 0 Å². The van der Waals surface area contributed by atoms with Crippen LogP contribution in [0.4, 0.5) is 5.69 Å². The molecule has 4 heterocycles. The van der Waals surface area contributed by atoms with Crippen LogP contribution in [-0.2, 0) is 29.1 Å². The largest absolute Gasteiger partial charge is 0.360 e. The van der Waals surface area contributed by atoms with Gasteiger partial charge in [-0.3, -0.25) is 14.4 Å². The zero-order valence-corrected chi connectivity index (χ0v) is 18.1. The highest BCUT2D eigenvalue weighted by Gasteiger charge is 2.32. The Morgan fingerprint density at radius 2 is 2.09 bits per heavy atom. The van der Waals surface area contributed by atoms with E-state index in [1.807, 2.05) is 37.4 Å². The fourth-order valence-electron chi connectivity index (χ4n) is 4.69. The van der Waals surface area contributed by atoms with Crippen molar-refractivity contribution in [3.05, 3.63) is 57.8 Å². The monoisotopic (exact) mass is 433 g/mol. The Hall–Kier alpha value is -3.42. The lowest BCUT2D eigenvalue weighted by Crippen LogP contribution is -2.39. The molecule has 8 nitrogen and oxygen atoms in total. The van der Waals surface area contributed by atoms with Crippen LogP contribution in [0.3, 0.4) is 0 Å². The van der Waals surface area contributed by atoms with Gasteiger partial charge in [0.15, 0.2) is 0 Å². The molecule has 3 aromatic heterocycles. The molecule has 0 radical (unpaired) electrons. The number of pyridine rings is 2. The van der Waals surface area contributed by atoms with Gasteiger partial charge in [0, 0.05) is 17.8 Å². The minimum absolute atomic E-state index is 0.0735. The van der Waals surface area contributed by atoms with E-state index in [1.165, 1.54) is 23.8 Å². The van der Waals surface area contributed by atoms with Gasteiger partial charge >= 0.3 is 0 Å². The molecular weight excluding hydrogens is 406 g/mol. The van der Waals surface area contributed by atoms with Crippen LogP contribution in [0.15, 0.2) is 35.3 Å². The lowest BCUT2D eigenvalue weighted by molar-refractivity contribution is -0.122. The van der Waals surface area contributed by atoms with Crippen LogP contribution in [-0.4, -0.2) is 26.3 Å².